The minimum Gasteiger partial charge on any atom is -0.481 e. The normalized spacial score (nSPS) is 31.0. The van der Waals surface area contributed by atoms with Gasteiger partial charge in [0.25, 0.3) is 5.79 Å². The van der Waals surface area contributed by atoms with Gasteiger partial charge >= 0.3 is 17.9 Å². The Morgan fingerprint density at radius 3 is 1.83 bits per heavy atom. The fraction of sp³-hybridized carbons (Fsp3) is 0.814. The number of hydrogen-bond donors (Lipinski definition) is 25. The van der Waals surface area contributed by atoms with Gasteiger partial charge < -0.3 is 169 Å². The SMILES string of the molecule is CC(=O)N[C@@H]1C(OC2O[C@@H](C)[C@@H](O)[C@@H](O)[C@@H]2O)[C@H](O[C@@H]2O[C@H](CO)[C@H](O)[C@H](O[C@]3(C(=O)O)C[C@H](O)[C@@H](NC(C)=O)C([C@@H](O)[C@@H](O)CO)O3)[C@H]2O)[C@@H](CO)O[C@H]1OCCCCCC(=O)NCCCC[C@@H](N)C(=O)NCC(=O)N[C@H](CCCCN=C(N)N)C(=O)N[C@@H](CC(=O)O)C(=O)N[C@H](CO)C(=O)O. The number of guanidine groups is 1. The lowest BCUT2D eigenvalue weighted by Crippen LogP contribution is -2.71. The zero-order chi connectivity index (χ0) is 77.2. The maximum atomic E-state index is 13.4. The zero-order valence-corrected chi connectivity index (χ0v) is 56.7. The molecule has 0 aromatic heterocycles. The lowest BCUT2D eigenvalue weighted by Gasteiger charge is -2.51. The highest BCUT2D eigenvalue weighted by atomic mass is 16.8. The highest BCUT2D eigenvalue weighted by Crippen LogP contribution is 2.39. The van der Waals surface area contributed by atoms with E-state index in [1.165, 1.54) is 6.92 Å². The summed E-state index contributed by atoms with van der Waals surface area (Å²) < 4.78 is 47.6. The maximum Gasteiger partial charge on any atom is 0.364 e. The van der Waals surface area contributed by atoms with Crippen LogP contribution in [0.25, 0.3) is 0 Å². The highest BCUT2D eigenvalue weighted by molar-refractivity contribution is 5.96. The number of aliphatic imine (C=N–C) groups is 1. The Kier molecular flexibility index (Phi) is 36.9. The molecule has 3 unspecified atom stereocenters. The van der Waals surface area contributed by atoms with Gasteiger partial charge in [0.05, 0.1) is 63.7 Å². The van der Waals surface area contributed by atoms with Crippen LogP contribution < -0.4 is 54.4 Å². The molecule has 0 radical (unpaired) electrons. The van der Waals surface area contributed by atoms with Gasteiger partial charge in [0.1, 0.15) is 104 Å². The van der Waals surface area contributed by atoms with E-state index in [1.54, 1.807) is 0 Å². The number of ether oxygens (including phenoxy) is 8. The number of hydrogen-bond acceptors (Lipinski definition) is 32. The quantitative estimate of drug-likeness (QED) is 0.0153. The van der Waals surface area contributed by atoms with E-state index in [9.17, 15) is 125 Å². The average molecular weight is 1490 g/mol. The van der Waals surface area contributed by atoms with Gasteiger partial charge in [-0.3, -0.25) is 43.3 Å². The van der Waals surface area contributed by atoms with E-state index in [0.717, 1.165) is 13.8 Å². The second-order valence-corrected chi connectivity index (χ2v) is 25.0. The third kappa shape index (κ3) is 26.6. The Balaban J connectivity index is 1.37. The molecule has 44 nitrogen and oxygen atoms in total. The number of carbonyl (C=O) groups excluding carboxylic acids is 7. The number of carboxylic acid groups (broad SMARTS) is 3. The average Bonchev–Trinajstić information content (AvgIpc) is 0.754. The molecule has 4 aliphatic rings. The molecule has 4 rings (SSSR count). The van der Waals surface area contributed by atoms with Gasteiger partial charge in [0.2, 0.25) is 41.4 Å². The van der Waals surface area contributed by atoms with Crippen molar-refractivity contribution in [3.05, 3.63) is 0 Å². The molecular formula is C59H101N11O33. The first kappa shape index (κ1) is 88.5. The van der Waals surface area contributed by atoms with Crippen LogP contribution in [0.2, 0.25) is 0 Å². The number of aliphatic hydroxyl groups is 12. The van der Waals surface area contributed by atoms with E-state index < -0.39 is 252 Å². The van der Waals surface area contributed by atoms with Gasteiger partial charge in [-0.2, -0.15) is 0 Å². The minimum atomic E-state index is -3.20. The monoisotopic (exact) mass is 1490 g/mol. The predicted molar refractivity (Wildman–Crippen MR) is 340 cm³/mol. The molecule has 25 atom stereocenters. The first-order chi connectivity index (χ1) is 48.5. The molecule has 0 bridgehead atoms. The number of aliphatic carboxylic acids is 3. The molecule has 4 saturated heterocycles. The Bertz CT molecular complexity index is 2800. The molecule has 0 aliphatic carbocycles. The molecule has 590 valence electrons. The number of nitrogens with one attached hydrogen (secondary N) is 7. The van der Waals surface area contributed by atoms with Crippen LogP contribution in [-0.4, -0.2) is 347 Å². The summed E-state index contributed by atoms with van der Waals surface area (Å²) in [6.45, 7) is -1.50. The van der Waals surface area contributed by atoms with Crippen LogP contribution in [0.4, 0.5) is 0 Å². The van der Waals surface area contributed by atoms with E-state index >= 15 is 0 Å². The van der Waals surface area contributed by atoms with Crippen molar-refractivity contribution >= 4 is 65.2 Å². The second-order valence-electron chi connectivity index (χ2n) is 25.0. The van der Waals surface area contributed by atoms with Crippen LogP contribution in [0, 0.1) is 0 Å². The molecule has 7 amide bonds. The molecule has 4 heterocycles. The summed E-state index contributed by atoms with van der Waals surface area (Å²) >= 11 is 0. The Labute approximate surface area is 588 Å². The standard InChI is InChI=1S/C59H101N11O33/c1-24-40(83)43(86)44(87)55(97-24)101-48-39(67-26(3)76)54(99-34(23-74)46(48)100-56-45(88)49(42(85)33(22-73)98-56)103-59(57(94)95)18-31(77)38(66-25(2)75)47(102-59)41(84)32(78)21-72)96-16-10-4-5-13-35(79)63-14-8-6-11-27(60)50(89)65-19-36(80)68-28(12-7-9-15-64-58(61)62)51(90)69-29(17-37(81)82)52(91)70-30(20-71)53(92)93/h24,27-34,38-49,54-56,71-74,77-78,83-88H,4-23,60H2,1-3H3,(H,63,79)(H,65,89)(H,66,75)(H,67,76)(H,68,80)(H,69,90)(H,70,91)(H,81,82)(H,92,93)(H,94,95)(H4,61,62,64)/t24-,27+,28+,29-,30+,31-,32-,33+,34+,38+,39+,40+,41-,42-,43+,44-,45+,46+,47?,48?,49-,54+,55?,56-,59-/m0/s1. The molecule has 0 aromatic rings. The predicted octanol–water partition coefficient (Wildman–Crippen LogP) is -12.5. The topological polar surface area (TPSA) is 723 Å². The van der Waals surface area contributed by atoms with Crippen LogP contribution in [0.1, 0.15) is 97.8 Å². The van der Waals surface area contributed by atoms with Crippen LogP contribution in [0.5, 0.6) is 0 Å². The smallest absolute Gasteiger partial charge is 0.364 e. The Hall–Kier alpha value is -6.87. The third-order valence-electron chi connectivity index (χ3n) is 16.9. The summed E-state index contributed by atoms with van der Waals surface area (Å²) in [5.41, 5.74) is 16.7. The lowest BCUT2D eigenvalue weighted by atomic mass is 9.88. The summed E-state index contributed by atoms with van der Waals surface area (Å²) in [6, 6.07) is -9.48. The van der Waals surface area contributed by atoms with E-state index in [0.29, 0.717) is 32.1 Å². The minimum absolute atomic E-state index is 0.0259. The summed E-state index contributed by atoms with van der Waals surface area (Å²) in [7, 11) is 0. The van der Waals surface area contributed by atoms with Gasteiger partial charge in [0, 0.05) is 46.4 Å². The van der Waals surface area contributed by atoms with Crippen molar-refractivity contribution in [1.29, 1.82) is 0 Å². The summed E-state index contributed by atoms with van der Waals surface area (Å²) in [4.78, 5) is 130. The van der Waals surface area contributed by atoms with Gasteiger partial charge in [-0.25, -0.2) is 9.59 Å². The lowest BCUT2D eigenvalue weighted by molar-refractivity contribution is -0.391. The van der Waals surface area contributed by atoms with Crippen LogP contribution in [0.15, 0.2) is 4.99 Å². The fourth-order valence-corrected chi connectivity index (χ4v) is 11.4. The van der Waals surface area contributed by atoms with E-state index in [-0.39, 0.29) is 63.7 Å². The number of unbranched alkanes of at least 4 members (excludes halogenated alkanes) is 4. The molecule has 0 aromatic carbocycles. The van der Waals surface area contributed by atoms with Crippen molar-refractivity contribution in [3.63, 3.8) is 0 Å². The first-order valence-electron chi connectivity index (χ1n) is 33.2. The Morgan fingerprint density at radius 1 is 0.612 bits per heavy atom. The van der Waals surface area contributed by atoms with Crippen LogP contribution in [0.3, 0.4) is 0 Å². The van der Waals surface area contributed by atoms with E-state index in [4.69, 9.17) is 55.1 Å². The molecular weight excluding hydrogens is 1390 g/mol. The first-order valence-corrected chi connectivity index (χ1v) is 33.2. The fourth-order valence-electron chi connectivity index (χ4n) is 11.4. The van der Waals surface area contributed by atoms with Crippen molar-refractivity contribution in [2.24, 2.45) is 22.2 Å². The van der Waals surface area contributed by atoms with Gasteiger partial charge in [0.15, 0.2) is 24.8 Å². The number of nitrogens with zero attached hydrogens (tertiary/aromatic N) is 1. The van der Waals surface area contributed by atoms with E-state index in [2.05, 4.69) is 36.9 Å². The molecule has 0 saturated carbocycles. The van der Waals surface area contributed by atoms with Crippen molar-refractivity contribution in [2.45, 2.75) is 250 Å². The number of amides is 7. The van der Waals surface area contributed by atoms with Crippen molar-refractivity contribution in [1.82, 2.24) is 37.2 Å². The number of carbonyl (C=O) groups is 10. The molecule has 0 spiro atoms. The summed E-state index contributed by atoms with van der Waals surface area (Å²) in [5.74, 6) is -14.6. The molecule has 103 heavy (non-hydrogen) atoms. The second kappa shape index (κ2) is 42.9. The van der Waals surface area contributed by atoms with Crippen molar-refractivity contribution in [3.8, 4) is 0 Å². The molecule has 28 N–H and O–H groups in total. The van der Waals surface area contributed by atoms with Crippen LogP contribution in [-0.2, 0) is 85.8 Å². The number of aliphatic hydroxyl groups excluding tert-OH is 12. The van der Waals surface area contributed by atoms with Crippen LogP contribution >= 0.6 is 0 Å². The largest absolute Gasteiger partial charge is 0.481 e. The molecule has 4 fully saturated rings. The van der Waals surface area contributed by atoms with E-state index in [1.807, 2.05) is 5.32 Å². The summed E-state index contributed by atoms with van der Waals surface area (Å²) in [5, 5.41) is 174. The van der Waals surface area contributed by atoms with Crippen molar-refractivity contribution in [2.75, 3.05) is 52.7 Å². The number of nitrogens with two attached hydrogens (primary N) is 3. The zero-order valence-electron chi connectivity index (χ0n) is 56.7. The van der Waals surface area contributed by atoms with Gasteiger partial charge in [-0.1, -0.05) is 6.42 Å². The molecule has 4 aliphatic heterocycles. The summed E-state index contributed by atoms with van der Waals surface area (Å²) in [6.07, 6.45) is -35.0. The van der Waals surface area contributed by atoms with Gasteiger partial charge in [-0.15, -0.1) is 0 Å². The van der Waals surface area contributed by atoms with Crippen molar-refractivity contribution < 1.29 is 162 Å². The van der Waals surface area contributed by atoms with Gasteiger partial charge in [-0.05, 0) is 58.3 Å². The molecule has 44 heteroatoms. The third-order valence-corrected chi connectivity index (χ3v) is 16.9. The maximum absolute atomic E-state index is 13.4. The number of carboxylic acids is 3. The highest BCUT2D eigenvalue weighted by Gasteiger charge is 2.61. The number of rotatable bonds is 43. The Morgan fingerprint density at radius 2 is 1.22 bits per heavy atom.